The molecule has 6 nitrogen and oxygen atoms in total. The number of carbonyl (C=O) groups is 2. The van der Waals surface area contributed by atoms with Crippen LogP contribution in [0.2, 0.25) is 5.02 Å². The van der Waals surface area contributed by atoms with Crippen LogP contribution in [0.3, 0.4) is 0 Å². The Labute approximate surface area is 170 Å². The van der Waals surface area contributed by atoms with Gasteiger partial charge in [-0.25, -0.2) is 0 Å². The zero-order valence-electron chi connectivity index (χ0n) is 14.4. The second-order valence-corrected chi connectivity index (χ2v) is 7.14. The van der Waals surface area contributed by atoms with Gasteiger partial charge in [-0.2, -0.15) is 0 Å². The van der Waals surface area contributed by atoms with Crippen molar-refractivity contribution in [3.05, 3.63) is 56.1 Å². The second kappa shape index (κ2) is 9.09. The minimum absolute atomic E-state index is 0.0231. The lowest BCUT2D eigenvalue weighted by Gasteiger charge is -2.14. The first-order valence-corrected chi connectivity index (χ1v) is 9.18. The molecule has 0 aliphatic heterocycles. The minimum Gasteiger partial charge on any atom is -0.493 e. The van der Waals surface area contributed by atoms with Crippen molar-refractivity contribution in [1.82, 2.24) is 10.9 Å². The number of halogens is 2. The maximum atomic E-state index is 12.3. The molecule has 2 amide bonds. The molecule has 2 aromatic rings. The van der Waals surface area contributed by atoms with E-state index < -0.39 is 11.8 Å². The molecule has 0 fully saturated rings. The molecule has 2 aromatic carbocycles. The molecule has 0 radical (unpaired) electrons. The maximum Gasteiger partial charge on any atom is 0.269 e. The molecule has 0 bridgehead atoms. The molecule has 26 heavy (non-hydrogen) atoms. The summed E-state index contributed by atoms with van der Waals surface area (Å²) in [6.07, 6.45) is -0.0231. The van der Waals surface area contributed by atoms with E-state index in [9.17, 15) is 9.59 Å². The summed E-state index contributed by atoms with van der Waals surface area (Å²) in [7, 11) is 1.49. The zero-order valence-corrected chi connectivity index (χ0v) is 17.3. The topological polar surface area (TPSA) is 76.7 Å². The van der Waals surface area contributed by atoms with E-state index in [1.165, 1.54) is 7.11 Å². The third-order valence-corrected chi connectivity index (χ3v) is 4.80. The van der Waals surface area contributed by atoms with E-state index in [4.69, 9.17) is 21.1 Å². The number of hydrazine groups is 1. The first-order valence-electron chi connectivity index (χ1n) is 7.72. The van der Waals surface area contributed by atoms with Gasteiger partial charge in [0.25, 0.3) is 11.8 Å². The van der Waals surface area contributed by atoms with Crippen LogP contribution in [0.1, 0.15) is 34.6 Å². The first kappa shape index (κ1) is 20.3. The normalized spacial score (nSPS) is 10.4. The summed E-state index contributed by atoms with van der Waals surface area (Å²) in [4.78, 5) is 24.4. The summed E-state index contributed by atoms with van der Waals surface area (Å²) < 4.78 is 11.6. The van der Waals surface area contributed by atoms with E-state index in [0.29, 0.717) is 27.6 Å². The van der Waals surface area contributed by atoms with E-state index in [1.807, 2.05) is 36.4 Å². The average molecular weight is 489 g/mol. The van der Waals surface area contributed by atoms with Crippen LogP contribution in [0, 0.1) is 3.57 Å². The monoisotopic (exact) mass is 488 g/mol. The molecule has 138 valence electrons. The number of hydrogen-bond acceptors (Lipinski definition) is 4. The molecular weight excluding hydrogens is 471 g/mol. The summed E-state index contributed by atoms with van der Waals surface area (Å²) in [5.74, 6) is 0.0554. The SMILES string of the molecule is COc1cc(C(=O)NNC(=O)c2ccc(Cl)c(I)c2)ccc1OC(C)C. The highest BCUT2D eigenvalue weighted by Crippen LogP contribution is 2.28. The summed E-state index contributed by atoms with van der Waals surface area (Å²) >= 11 is 7.96. The molecule has 0 spiro atoms. The number of benzene rings is 2. The molecule has 8 heteroatoms. The van der Waals surface area contributed by atoms with Gasteiger partial charge in [-0.1, -0.05) is 11.6 Å². The molecule has 0 unspecified atom stereocenters. The van der Waals surface area contributed by atoms with Crippen LogP contribution in [0.15, 0.2) is 36.4 Å². The van der Waals surface area contributed by atoms with Crippen molar-refractivity contribution in [3.63, 3.8) is 0 Å². The highest BCUT2D eigenvalue weighted by Gasteiger charge is 2.14. The van der Waals surface area contributed by atoms with Gasteiger partial charge in [0, 0.05) is 14.7 Å². The average Bonchev–Trinajstić information content (AvgIpc) is 2.61. The lowest BCUT2D eigenvalue weighted by molar-refractivity contribution is 0.0846. The Bertz CT molecular complexity index is 827. The number of rotatable bonds is 5. The highest BCUT2D eigenvalue weighted by molar-refractivity contribution is 14.1. The third-order valence-electron chi connectivity index (χ3n) is 3.26. The fourth-order valence-corrected chi connectivity index (χ4v) is 2.69. The van der Waals surface area contributed by atoms with Crippen LogP contribution in [0.25, 0.3) is 0 Å². The van der Waals surface area contributed by atoms with Gasteiger partial charge in [-0.05, 0) is 72.8 Å². The summed E-state index contributed by atoms with van der Waals surface area (Å²) in [6, 6.07) is 9.62. The molecule has 2 N–H and O–H groups in total. The Morgan fingerprint density at radius 2 is 1.58 bits per heavy atom. The van der Waals surface area contributed by atoms with Gasteiger partial charge < -0.3 is 9.47 Å². The van der Waals surface area contributed by atoms with E-state index in [0.717, 1.165) is 3.57 Å². The summed E-state index contributed by atoms with van der Waals surface area (Å²) in [6.45, 7) is 3.79. The maximum absolute atomic E-state index is 12.3. The van der Waals surface area contributed by atoms with Crippen LogP contribution < -0.4 is 20.3 Å². The lowest BCUT2D eigenvalue weighted by Crippen LogP contribution is -2.41. The molecule has 0 heterocycles. The van der Waals surface area contributed by atoms with Gasteiger partial charge >= 0.3 is 0 Å². The van der Waals surface area contributed by atoms with Crippen molar-refractivity contribution in [2.45, 2.75) is 20.0 Å². The number of carbonyl (C=O) groups excluding carboxylic acids is 2. The molecular formula is C18H18ClIN2O4. The Kier molecular flexibility index (Phi) is 7.10. The predicted octanol–water partition coefficient (Wildman–Crippen LogP) is 3.82. The fourth-order valence-electron chi connectivity index (χ4n) is 2.06. The van der Waals surface area contributed by atoms with Crippen LogP contribution in [-0.2, 0) is 0 Å². The highest BCUT2D eigenvalue weighted by atomic mass is 127. The Morgan fingerprint density at radius 1 is 1.00 bits per heavy atom. The van der Waals surface area contributed by atoms with Crippen LogP contribution in [-0.4, -0.2) is 25.0 Å². The fraction of sp³-hybridized carbons (Fsp3) is 0.222. The predicted molar refractivity (Wildman–Crippen MR) is 108 cm³/mol. The van der Waals surface area contributed by atoms with Crippen LogP contribution in [0.5, 0.6) is 11.5 Å². The number of hydrogen-bond donors (Lipinski definition) is 2. The van der Waals surface area contributed by atoms with Gasteiger partial charge in [0.15, 0.2) is 11.5 Å². The van der Waals surface area contributed by atoms with Crippen LogP contribution >= 0.6 is 34.2 Å². The van der Waals surface area contributed by atoms with Gasteiger partial charge in [0.05, 0.1) is 18.2 Å². The molecule has 2 rings (SSSR count). The zero-order chi connectivity index (χ0) is 19.3. The standard InChI is InChI=1S/C18H18ClIN2O4/c1-10(2)26-15-7-5-12(9-16(15)25-3)18(24)22-21-17(23)11-4-6-13(19)14(20)8-11/h4-10H,1-3H3,(H,21,23)(H,22,24). The van der Waals surface area contributed by atoms with Crippen LogP contribution in [0.4, 0.5) is 0 Å². The Balaban J connectivity index is 2.05. The molecule has 0 aliphatic carbocycles. The number of methoxy groups -OCH3 is 1. The second-order valence-electron chi connectivity index (χ2n) is 5.57. The molecule has 0 atom stereocenters. The van der Waals surface area contributed by atoms with Crippen molar-refractivity contribution in [2.75, 3.05) is 7.11 Å². The van der Waals surface area contributed by atoms with Crippen molar-refractivity contribution in [1.29, 1.82) is 0 Å². The third kappa shape index (κ3) is 5.25. The minimum atomic E-state index is -0.476. The van der Waals surface area contributed by atoms with Gasteiger partial charge in [-0.15, -0.1) is 0 Å². The quantitative estimate of drug-likeness (QED) is 0.496. The molecule has 0 saturated carbocycles. The van der Waals surface area contributed by atoms with E-state index in [2.05, 4.69) is 10.9 Å². The lowest BCUT2D eigenvalue weighted by atomic mass is 10.2. The van der Waals surface area contributed by atoms with Gasteiger partial charge in [-0.3, -0.25) is 20.4 Å². The van der Waals surface area contributed by atoms with Gasteiger partial charge in [0.1, 0.15) is 0 Å². The van der Waals surface area contributed by atoms with E-state index in [-0.39, 0.29) is 6.10 Å². The van der Waals surface area contributed by atoms with E-state index >= 15 is 0 Å². The Hall–Kier alpha value is -2.00. The van der Waals surface area contributed by atoms with Crippen molar-refractivity contribution in [2.24, 2.45) is 0 Å². The van der Waals surface area contributed by atoms with E-state index in [1.54, 1.807) is 36.4 Å². The summed E-state index contributed by atoms with van der Waals surface area (Å²) in [5, 5.41) is 0.557. The Morgan fingerprint density at radius 3 is 2.12 bits per heavy atom. The largest absolute Gasteiger partial charge is 0.493 e. The summed E-state index contributed by atoms with van der Waals surface area (Å²) in [5.41, 5.74) is 5.45. The number of nitrogens with one attached hydrogen (secondary N) is 2. The smallest absolute Gasteiger partial charge is 0.269 e. The van der Waals surface area contributed by atoms with Crippen molar-refractivity contribution in [3.8, 4) is 11.5 Å². The van der Waals surface area contributed by atoms with Crippen molar-refractivity contribution >= 4 is 46.0 Å². The van der Waals surface area contributed by atoms with Gasteiger partial charge in [0.2, 0.25) is 0 Å². The molecule has 0 aliphatic rings. The number of ether oxygens (including phenoxy) is 2. The molecule has 0 saturated heterocycles. The van der Waals surface area contributed by atoms with Crippen molar-refractivity contribution < 1.29 is 19.1 Å². The number of amides is 2. The molecule has 0 aromatic heterocycles. The first-order chi connectivity index (χ1) is 12.3.